The number of allylic oxidation sites excluding steroid dienone is 2. The Morgan fingerprint density at radius 2 is 1.75 bits per heavy atom. The lowest BCUT2D eigenvalue weighted by Gasteiger charge is -2.33. The first-order valence-corrected chi connectivity index (χ1v) is 9.24. The van der Waals surface area contributed by atoms with Crippen molar-refractivity contribution in [1.29, 1.82) is 0 Å². The number of hydrogen-bond donors (Lipinski definition) is 2. The Morgan fingerprint density at radius 1 is 1.18 bits per heavy atom. The Hall–Kier alpha value is -2.89. The van der Waals surface area contributed by atoms with Gasteiger partial charge in [-0.25, -0.2) is 0 Å². The SMILES string of the molecule is CCC(C)C(=O)O[C@](C)(CC=C(C)C)C1=CC(=O)c2c(O)ccc(O)c2C1=O. The van der Waals surface area contributed by atoms with Crippen LogP contribution >= 0.6 is 0 Å². The van der Waals surface area contributed by atoms with E-state index in [9.17, 15) is 24.6 Å². The zero-order chi connectivity index (χ0) is 21.2. The first-order valence-electron chi connectivity index (χ1n) is 9.24. The molecular weight excluding hydrogens is 360 g/mol. The summed E-state index contributed by atoms with van der Waals surface area (Å²) in [6.45, 7) is 8.90. The minimum Gasteiger partial charge on any atom is -0.507 e. The summed E-state index contributed by atoms with van der Waals surface area (Å²) in [6, 6.07) is 2.31. The first-order chi connectivity index (χ1) is 13.0. The van der Waals surface area contributed by atoms with Crippen LogP contribution in [-0.4, -0.2) is 33.3 Å². The molecule has 1 aliphatic rings. The van der Waals surface area contributed by atoms with E-state index in [0.29, 0.717) is 6.42 Å². The molecule has 2 rings (SSSR count). The van der Waals surface area contributed by atoms with E-state index in [2.05, 4.69) is 0 Å². The number of ether oxygens (including phenoxy) is 1. The fraction of sp³-hybridized carbons (Fsp3) is 0.409. The number of phenols is 2. The maximum atomic E-state index is 13.1. The van der Waals surface area contributed by atoms with Crippen molar-refractivity contribution in [2.45, 2.75) is 53.1 Å². The summed E-state index contributed by atoms with van der Waals surface area (Å²) in [5.41, 5.74) is -0.973. The van der Waals surface area contributed by atoms with E-state index in [0.717, 1.165) is 23.8 Å². The summed E-state index contributed by atoms with van der Waals surface area (Å²) in [5.74, 6) is -2.91. The number of rotatable bonds is 6. The Balaban J connectivity index is 2.59. The summed E-state index contributed by atoms with van der Waals surface area (Å²) in [6.07, 6.45) is 3.67. The standard InChI is InChI=1S/C22H26O6/c1-6-13(4)21(27)28-22(5,10-9-12(2)3)14-11-17(25)18-15(23)7-8-16(24)19(18)20(14)26/h7-9,11,13,23-24H,6,10H2,1-5H3/t13?,22-/m1/s1. The summed E-state index contributed by atoms with van der Waals surface area (Å²) in [4.78, 5) is 38.2. The largest absolute Gasteiger partial charge is 0.507 e. The molecule has 0 saturated carbocycles. The van der Waals surface area contributed by atoms with Crippen LogP contribution in [0.4, 0.5) is 0 Å². The average molecular weight is 386 g/mol. The van der Waals surface area contributed by atoms with Gasteiger partial charge in [0, 0.05) is 12.0 Å². The smallest absolute Gasteiger partial charge is 0.309 e. The van der Waals surface area contributed by atoms with Crippen molar-refractivity contribution in [2.24, 2.45) is 5.92 Å². The number of phenolic OH excluding ortho intramolecular Hbond substituents is 2. The van der Waals surface area contributed by atoms with E-state index in [-0.39, 0.29) is 34.8 Å². The Bertz CT molecular complexity index is 889. The quantitative estimate of drug-likeness (QED) is 0.433. The lowest BCUT2D eigenvalue weighted by Crippen LogP contribution is -2.40. The minimum atomic E-state index is -1.39. The molecule has 28 heavy (non-hydrogen) atoms. The molecule has 0 fully saturated rings. The van der Waals surface area contributed by atoms with Gasteiger partial charge >= 0.3 is 5.97 Å². The van der Waals surface area contributed by atoms with Gasteiger partial charge in [-0.3, -0.25) is 14.4 Å². The zero-order valence-corrected chi connectivity index (χ0v) is 16.8. The fourth-order valence-corrected chi connectivity index (χ4v) is 2.95. The summed E-state index contributed by atoms with van der Waals surface area (Å²) < 4.78 is 5.72. The third-order valence-electron chi connectivity index (χ3n) is 4.97. The number of carbonyl (C=O) groups is 3. The van der Waals surface area contributed by atoms with Gasteiger partial charge in [0.25, 0.3) is 0 Å². The van der Waals surface area contributed by atoms with Crippen LogP contribution in [0.3, 0.4) is 0 Å². The highest BCUT2D eigenvalue weighted by Crippen LogP contribution is 2.40. The number of esters is 1. The van der Waals surface area contributed by atoms with Gasteiger partial charge < -0.3 is 14.9 Å². The van der Waals surface area contributed by atoms with Crippen LogP contribution in [0.2, 0.25) is 0 Å². The van der Waals surface area contributed by atoms with Crippen LogP contribution in [0.5, 0.6) is 11.5 Å². The maximum Gasteiger partial charge on any atom is 0.309 e. The molecule has 0 amide bonds. The molecule has 1 aromatic rings. The lowest BCUT2D eigenvalue weighted by molar-refractivity contribution is -0.158. The highest BCUT2D eigenvalue weighted by atomic mass is 16.6. The third-order valence-corrected chi connectivity index (χ3v) is 4.97. The normalized spacial score (nSPS) is 16.5. The van der Waals surface area contributed by atoms with Gasteiger partial charge in [0.15, 0.2) is 11.6 Å². The van der Waals surface area contributed by atoms with Gasteiger partial charge in [-0.1, -0.05) is 25.5 Å². The molecule has 2 atom stereocenters. The van der Waals surface area contributed by atoms with Crippen LogP contribution in [0.1, 0.15) is 68.2 Å². The predicted octanol–water partition coefficient (Wildman–Crippen LogP) is 4.11. The number of carbonyl (C=O) groups excluding carboxylic acids is 3. The average Bonchev–Trinajstić information content (AvgIpc) is 2.63. The van der Waals surface area contributed by atoms with Crippen LogP contribution in [0.15, 0.2) is 35.4 Å². The molecule has 2 N–H and O–H groups in total. The van der Waals surface area contributed by atoms with Gasteiger partial charge in [-0.2, -0.15) is 0 Å². The molecule has 6 nitrogen and oxygen atoms in total. The van der Waals surface area contributed by atoms with Crippen molar-refractivity contribution in [2.75, 3.05) is 0 Å². The van der Waals surface area contributed by atoms with Gasteiger partial charge in [-0.15, -0.1) is 0 Å². The minimum absolute atomic E-state index is 0.0277. The lowest BCUT2D eigenvalue weighted by atomic mass is 9.79. The van der Waals surface area contributed by atoms with Crippen LogP contribution < -0.4 is 0 Å². The first kappa shape index (κ1) is 21.4. The second kappa shape index (κ2) is 8.00. The number of ketones is 2. The van der Waals surface area contributed by atoms with Crippen LogP contribution in [0, 0.1) is 5.92 Å². The second-order valence-electron chi connectivity index (χ2n) is 7.55. The van der Waals surface area contributed by atoms with Gasteiger partial charge in [0.1, 0.15) is 17.1 Å². The van der Waals surface area contributed by atoms with Gasteiger partial charge in [0.2, 0.25) is 0 Å². The molecule has 150 valence electrons. The predicted molar refractivity (Wildman–Crippen MR) is 105 cm³/mol. The number of Topliss-reactive ketones (excluding diaryl/α,β-unsaturated/α-hetero) is 1. The van der Waals surface area contributed by atoms with Crippen molar-refractivity contribution in [3.05, 3.63) is 46.6 Å². The van der Waals surface area contributed by atoms with Crippen molar-refractivity contribution in [1.82, 2.24) is 0 Å². The third kappa shape index (κ3) is 4.01. The van der Waals surface area contributed by atoms with Crippen LogP contribution in [0.25, 0.3) is 0 Å². The highest BCUT2D eigenvalue weighted by Gasteiger charge is 2.43. The molecule has 0 heterocycles. The summed E-state index contributed by atoms with van der Waals surface area (Å²) in [7, 11) is 0. The van der Waals surface area contributed by atoms with E-state index >= 15 is 0 Å². The highest BCUT2D eigenvalue weighted by molar-refractivity contribution is 6.27. The molecular formula is C22H26O6. The van der Waals surface area contributed by atoms with Crippen molar-refractivity contribution >= 4 is 17.5 Å². The number of aromatic hydroxyl groups is 2. The topological polar surface area (TPSA) is 101 Å². The zero-order valence-electron chi connectivity index (χ0n) is 16.8. The molecule has 0 aromatic heterocycles. The Labute approximate surface area is 164 Å². The molecule has 0 radical (unpaired) electrons. The fourth-order valence-electron chi connectivity index (χ4n) is 2.95. The van der Waals surface area contributed by atoms with Crippen LogP contribution in [-0.2, 0) is 9.53 Å². The second-order valence-corrected chi connectivity index (χ2v) is 7.55. The summed E-state index contributed by atoms with van der Waals surface area (Å²) in [5, 5.41) is 20.1. The summed E-state index contributed by atoms with van der Waals surface area (Å²) >= 11 is 0. The van der Waals surface area contributed by atoms with Crippen molar-refractivity contribution in [3.63, 3.8) is 0 Å². The van der Waals surface area contributed by atoms with E-state index in [1.165, 1.54) is 0 Å². The van der Waals surface area contributed by atoms with Gasteiger partial charge in [0.05, 0.1) is 17.0 Å². The van der Waals surface area contributed by atoms with E-state index in [1.807, 2.05) is 26.8 Å². The molecule has 0 saturated heterocycles. The van der Waals surface area contributed by atoms with E-state index < -0.39 is 28.9 Å². The molecule has 1 aliphatic carbocycles. The van der Waals surface area contributed by atoms with Crippen molar-refractivity contribution < 1.29 is 29.3 Å². The van der Waals surface area contributed by atoms with Crippen molar-refractivity contribution in [3.8, 4) is 11.5 Å². The molecule has 6 heteroatoms. The monoisotopic (exact) mass is 386 g/mol. The van der Waals surface area contributed by atoms with Gasteiger partial charge in [-0.05, 0) is 45.4 Å². The molecule has 0 spiro atoms. The number of fused-ring (bicyclic) bond motifs is 1. The Morgan fingerprint density at radius 3 is 2.29 bits per heavy atom. The molecule has 1 aromatic carbocycles. The number of benzene rings is 1. The van der Waals surface area contributed by atoms with E-state index in [4.69, 9.17) is 4.74 Å². The Kier molecular flexibility index (Phi) is 6.12. The number of hydrogen-bond acceptors (Lipinski definition) is 6. The maximum absolute atomic E-state index is 13.1. The molecule has 0 aliphatic heterocycles. The molecule has 0 bridgehead atoms. The molecule has 1 unspecified atom stereocenters. The van der Waals surface area contributed by atoms with E-state index in [1.54, 1.807) is 13.8 Å².